The van der Waals surface area contributed by atoms with E-state index in [9.17, 15) is 4.79 Å². The van der Waals surface area contributed by atoms with Crippen LogP contribution in [0.15, 0.2) is 0 Å². The second-order valence-electron chi connectivity index (χ2n) is 2.34. The van der Waals surface area contributed by atoms with Gasteiger partial charge >= 0.3 is 0 Å². The number of likely N-dealkylation sites (tertiary alicyclic amines) is 1. The van der Waals surface area contributed by atoms with Crippen molar-refractivity contribution >= 4 is 5.78 Å². The normalized spacial score (nSPS) is 8.96. The molecule has 0 saturated carbocycles. The first-order valence-corrected chi connectivity index (χ1v) is 4.42. The highest BCUT2D eigenvalue weighted by Crippen LogP contribution is 2.01. The fourth-order valence-electron chi connectivity index (χ4n) is 0.868. The monoisotopic (exact) mass is 493 g/mol. The molecule has 0 unspecified atom stereocenters. The third-order valence-corrected chi connectivity index (χ3v) is 1.54. The second-order valence-corrected chi connectivity index (χ2v) is 2.34. The van der Waals surface area contributed by atoms with Gasteiger partial charge in [0.05, 0.1) is 0 Å². The van der Waals surface area contributed by atoms with E-state index in [-0.39, 0.29) is 0 Å². The molecule has 1 aliphatic rings. The van der Waals surface area contributed by atoms with E-state index in [0.29, 0.717) is 5.78 Å². The maximum atomic E-state index is 10.6. The summed E-state index contributed by atoms with van der Waals surface area (Å²) in [5.74, 6) is 0.420. The van der Waals surface area contributed by atoms with Gasteiger partial charge in [0.2, 0.25) is 0 Å². The minimum atomic E-state index is 0.420. The maximum absolute atomic E-state index is 10.6. The minimum absolute atomic E-state index is 0.420. The van der Waals surface area contributed by atoms with E-state index in [4.69, 9.17) is 91.5 Å². The first-order valence-electron chi connectivity index (χ1n) is 4.42. The molecule has 0 aromatic heterocycles. The highest BCUT2D eigenvalue weighted by atomic mass is 20.0. The SMILES string of the molecule is CN1CCC(=O)CC1.FF.FF.FF.FF.FF.FF.FF.FF.FF.FF. The summed E-state index contributed by atoms with van der Waals surface area (Å²) in [6, 6.07) is 0. The van der Waals surface area contributed by atoms with Crippen molar-refractivity contribution in [2.75, 3.05) is 20.1 Å². The lowest BCUT2D eigenvalue weighted by Gasteiger charge is -2.19. The summed E-state index contributed by atoms with van der Waals surface area (Å²) in [5.41, 5.74) is 0. The van der Waals surface area contributed by atoms with E-state index in [1.165, 1.54) is 0 Å². The molecule has 0 aromatic carbocycles. The number of rotatable bonds is 0. The molecule has 2 nitrogen and oxygen atoms in total. The molecular formula is C6H11F20NO. The van der Waals surface area contributed by atoms with Crippen molar-refractivity contribution in [3.05, 3.63) is 0 Å². The maximum Gasteiger partial charge on any atom is 0.135 e. The molecule has 1 aliphatic heterocycles. The molecule has 0 radical (unpaired) electrons. The average Bonchev–Trinajstić information content (AvgIpc) is 2.88. The Bertz CT molecular complexity index is 115. The van der Waals surface area contributed by atoms with Gasteiger partial charge in [-0.25, -0.2) is 0 Å². The number of halogens is 20. The highest BCUT2D eigenvalue weighted by molar-refractivity contribution is 5.79. The van der Waals surface area contributed by atoms with Crippen LogP contribution in [0.3, 0.4) is 0 Å². The van der Waals surface area contributed by atoms with Gasteiger partial charge in [-0.1, -0.05) is 0 Å². The van der Waals surface area contributed by atoms with Crippen molar-refractivity contribution < 1.29 is 96.3 Å². The molecule has 0 aromatic rings. The van der Waals surface area contributed by atoms with E-state index in [2.05, 4.69) is 4.90 Å². The fraction of sp³-hybridized carbons (Fsp3) is 0.833. The third kappa shape index (κ3) is 193. The zero-order valence-electron chi connectivity index (χ0n) is 12.7. The predicted octanol–water partition coefficient (Wildman–Crippen LogP) is 8.69. The summed E-state index contributed by atoms with van der Waals surface area (Å²) in [4.78, 5) is 12.8. The van der Waals surface area contributed by atoms with Crippen molar-refractivity contribution in [3.8, 4) is 0 Å². The van der Waals surface area contributed by atoms with E-state index in [1.54, 1.807) is 0 Å². The largest absolute Gasteiger partial charge is 0.305 e. The van der Waals surface area contributed by atoms with Gasteiger partial charge in [0.25, 0.3) is 0 Å². The first kappa shape index (κ1) is 63.4. The first-order chi connectivity index (χ1) is 13.8. The van der Waals surface area contributed by atoms with Gasteiger partial charge in [0.1, 0.15) is 5.78 Å². The fourth-order valence-corrected chi connectivity index (χ4v) is 0.868. The molecule has 0 spiro atoms. The van der Waals surface area contributed by atoms with Crippen LogP contribution in [-0.4, -0.2) is 30.8 Å². The van der Waals surface area contributed by atoms with Crippen molar-refractivity contribution in [3.63, 3.8) is 0 Å². The summed E-state index contributed by atoms with van der Waals surface area (Å²) in [6.45, 7) is 1.91. The van der Waals surface area contributed by atoms with Crippen LogP contribution in [0.4, 0.5) is 91.5 Å². The molecule has 1 rings (SSSR count). The van der Waals surface area contributed by atoms with Crippen LogP contribution in [0, 0.1) is 0 Å². The third-order valence-electron chi connectivity index (χ3n) is 1.54. The predicted molar refractivity (Wildman–Crippen MR) is 53.9 cm³/mol. The standard InChI is InChI=1S/C6H11NO.10F2/c1-7-4-2-6(8)3-5-7;10*1-2/h2-5H2,1H3;;;;;;;;;;. The van der Waals surface area contributed by atoms with Gasteiger partial charge in [-0.2, -0.15) is 0 Å². The van der Waals surface area contributed by atoms with Crippen molar-refractivity contribution in [1.29, 1.82) is 0 Å². The van der Waals surface area contributed by atoms with Gasteiger partial charge in [0, 0.05) is 117 Å². The Hall–Kier alpha value is -1.77. The van der Waals surface area contributed by atoms with Gasteiger partial charge in [-0.05, 0) is 7.05 Å². The Balaban J connectivity index is -0.0000000177. The Morgan fingerprint density at radius 2 is 0.607 bits per heavy atom. The van der Waals surface area contributed by atoms with E-state index in [1.807, 2.05) is 7.05 Å². The Morgan fingerprint density at radius 1 is 0.464 bits per heavy atom. The number of nitrogens with zero attached hydrogens (tertiary/aromatic N) is 1. The van der Waals surface area contributed by atoms with Crippen LogP contribution >= 0.6 is 0 Å². The van der Waals surface area contributed by atoms with Crippen LogP contribution < -0.4 is 0 Å². The zero-order chi connectivity index (χ0) is 26.0. The van der Waals surface area contributed by atoms with Crippen LogP contribution in [0.5, 0.6) is 0 Å². The number of ketones is 1. The quantitative estimate of drug-likeness (QED) is 0.315. The van der Waals surface area contributed by atoms with Gasteiger partial charge in [0.15, 0.2) is 0 Å². The zero-order valence-corrected chi connectivity index (χ0v) is 12.7. The van der Waals surface area contributed by atoms with Gasteiger partial charge in [-0.3, -0.25) is 4.79 Å². The Kier molecular flexibility index (Phi) is 495. The van der Waals surface area contributed by atoms with Crippen LogP contribution in [-0.2, 0) is 4.79 Å². The Labute approximate surface area is 141 Å². The molecule has 0 bridgehead atoms. The van der Waals surface area contributed by atoms with E-state index >= 15 is 0 Å². The molecule has 0 amide bonds. The molecule has 0 N–H and O–H groups in total. The highest BCUT2D eigenvalue weighted by Gasteiger charge is 2.10. The lowest BCUT2D eigenvalue weighted by Crippen LogP contribution is -2.29. The minimum Gasteiger partial charge on any atom is -0.305 e. The number of carbonyl (C=O) groups is 1. The lowest BCUT2D eigenvalue weighted by atomic mass is 10.1. The van der Waals surface area contributed by atoms with Crippen molar-refractivity contribution in [2.45, 2.75) is 12.8 Å². The summed E-state index contributed by atoms with van der Waals surface area (Å²) in [5, 5.41) is 0. The molecule has 0 aliphatic carbocycles. The van der Waals surface area contributed by atoms with Gasteiger partial charge in [-0.15, -0.1) is 0 Å². The van der Waals surface area contributed by atoms with E-state index < -0.39 is 0 Å². The molecular weight excluding hydrogens is 482 g/mol. The van der Waals surface area contributed by atoms with Crippen LogP contribution in [0.1, 0.15) is 12.8 Å². The number of hydrogen-bond acceptors (Lipinski definition) is 2. The molecule has 22 heteroatoms. The molecule has 186 valence electrons. The topological polar surface area (TPSA) is 20.3 Å². The molecule has 1 heterocycles. The van der Waals surface area contributed by atoms with E-state index in [0.717, 1.165) is 25.9 Å². The summed E-state index contributed by atoms with van der Waals surface area (Å²) >= 11 is 0. The van der Waals surface area contributed by atoms with Crippen molar-refractivity contribution in [2.24, 2.45) is 0 Å². The number of carbonyl (C=O) groups excluding carboxylic acids is 1. The van der Waals surface area contributed by atoms with Crippen molar-refractivity contribution in [1.82, 2.24) is 4.90 Å². The average molecular weight is 493 g/mol. The summed E-state index contributed by atoms with van der Waals surface area (Å²) in [7, 11) is 2.05. The number of piperidine rings is 1. The molecule has 1 fully saturated rings. The van der Waals surface area contributed by atoms with Crippen LogP contribution in [0.2, 0.25) is 0 Å². The molecule has 28 heavy (non-hydrogen) atoms. The smallest absolute Gasteiger partial charge is 0.135 e. The molecule has 1 saturated heterocycles. The van der Waals surface area contributed by atoms with Gasteiger partial charge < -0.3 is 4.90 Å². The lowest BCUT2D eigenvalue weighted by molar-refractivity contribution is -0.121. The molecule has 0 atom stereocenters. The number of Topliss-reactive ketones (excluding diaryl/α,β-unsaturated/α-hetero) is 1. The van der Waals surface area contributed by atoms with Crippen LogP contribution in [0.25, 0.3) is 0 Å². The summed E-state index contributed by atoms with van der Waals surface area (Å²) in [6.07, 6.45) is 1.52. The summed E-state index contributed by atoms with van der Waals surface area (Å²) < 4.78 is 160. The second kappa shape index (κ2) is 219. The Morgan fingerprint density at radius 3 is 0.714 bits per heavy atom. The number of hydrogen-bond donors (Lipinski definition) is 0.